The second kappa shape index (κ2) is 5.60. The molecule has 3 heteroatoms. The largest absolute Gasteiger partial charge is 0.192 e. The van der Waals surface area contributed by atoms with Crippen molar-refractivity contribution in [1.29, 1.82) is 5.26 Å². The Kier molecular flexibility index (Phi) is 4.40. The van der Waals surface area contributed by atoms with E-state index in [1.165, 1.54) is 0 Å². The van der Waals surface area contributed by atoms with Crippen LogP contribution in [0.4, 0.5) is 0 Å². The van der Waals surface area contributed by atoms with Crippen LogP contribution in [0.15, 0.2) is 18.2 Å². The Balaban J connectivity index is 3.00. The lowest BCUT2D eigenvalue weighted by molar-refractivity contribution is 1.31. The van der Waals surface area contributed by atoms with Crippen molar-refractivity contribution < 1.29 is 0 Å². The lowest BCUT2D eigenvalue weighted by Crippen LogP contribution is -1.83. The zero-order valence-electron chi connectivity index (χ0n) is 7.42. The van der Waals surface area contributed by atoms with Gasteiger partial charge in [-0.15, -0.1) is 0 Å². The van der Waals surface area contributed by atoms with Gasteiger partial charge < -0.3 is 0 Å². The molecule has 0 radical (unpaired) electrons. The monoisotopic (exact) mass is 221 g/mol. The number of hydrogen-bond donors (Lipinski definition) is 1. The minimum absolute atomic E-state index is 0.518. The molecule has 1 aromatic rings. The van der Waals surface area contributed by atoms with E-state index in [1.54, 1.807) is 18.2 Å². The quantitative estimate of drug-likeness (QED) is 0.572. The van der Waals surface area contributed by atoms with Crippen LogP contribution in [0.5, 0.6) is 0 Å². The summed E-state index contributed by atoms with van der Waals surface area (Å²) in [6, 6.07) is 7.16. The molecule has 1 aromatic carbocycles. The Morgan fingerprint density at radius 2 is 2.14 bits per heavy atom. The van der Waals surface area contributed by atoms with Gasteiger partial charge in [-0.3, -0.25) is 0 Å². The minimum atomic E-state index is 0.518. The van der Waals surface area contributed by atoms with E-state index in [-0.39, 0.29) is 0 Å². The van der Waals surface area contributed by atoms with Crippen LogP contribution in [0, 0.1) is 23.2 Å². The van der Waals surface area contributed by atoms with Crippen molar-refractivity contribution in [3.05, 3.63) is 34.3 Å². The van der Waals surface area contributed by atoms with Crippen LogP contribution in [0.25, 0.3) is 0 Å². The van der Waals surface area contributed by atoms with Crippen LogP contribution in [0.3, 0.4) is 0 Å². The highest BCUT2D eigenvalue weighted by Crippen LogP contribution is 2.14. The van der Waals surface area contributed by atoms with Crippen molar-refractivity contribution in [3.8, 4) is 17.9 Å². The van der Waals surface area contributed by atoms with E-state index in [1.807, 2.05) is 0 Å². The first-order valence-electron chi connectivity index (χ1n) is 4.07. The van der Waals surface area contributed by atoms with Crippen molar-refractivity contribution in [2.24, 2.45) is 0 Å². The summed E-state index contributed by atoms with van der Waals surface area (Å²) in [5, 5.41) is 9.36. The van der Waals surface area contributed by atoms with Crippen molar-refractivity contribution in [2.75, 3.05) is 5.75 Å². The van der Waals surface area contributed by atoms with E-state index in [4.69, 9.17) is 16.9 Å². The van der Waals surface area contributed by atoms with Gasteiger partial charge in [-0.05, 0) is 18.2 Å². The number of halogens is 1. The topological polar surface area (TPSA) is 23.8 Å². The molecule has 14 heavy (non-hydrogen) atoms. The summed E-state index contributed by atoms with van der Waals surface area (Å²) >= 11 is 9.79. The number of nitrogens with zero attached hydrogens (tertiary/aromatic N) is 1. The Morgan fingerprint density at radius 1 is 1.36 bits per heavy atom. The molecule has 0 aromatic heterocycles. The maximum atomic E-state index is 8.81. The lowest BCUT2D eigenvalue weighted by Gasteiger charge is -1.95. The highest BCUT2D eigenvalue weighted by Gasteiger charge is 1.98. The molecule has 0 unspecified atom stereocenters. The van der Waals surface area contributed by atoms with Gasteiger partial charge in [-0.2, -0.15) is 17.9 Å². The highest BCUT2D eigenvalue weighted by molar-refractivity contribution is 7.80. The summed E-state index contributed by atoms with van der Waals surface area (Å²) in [6.45, 7) is 0. The van der Waals surface area contributed by atoms with Crippen molar-refractivity contribution in [1.82, 2.24) is 0 Å². The molecule has 0 fully saturated rings. The Bertz CT molecular complexity index is 423. The van der Waals surface area contributed by atoms with E-state index in [2.05, 4.69) is 30.5 Å². The Hall–Kier alpha value is -1.09. The van der Waals surface area contributed by atoms with E-state index >= 15 is 0 Å². The molecule has 0 aliphatic rings. The summed E-state index contributed by atoms with van der Waals surface area (Å²) < 4.78 is 0. The second-order valence-corrected chi connectivity index (χ2v) is 3.46. The molecular weight excluding hydrogens is 214 g/mol. The van der Waals surface area contributed by atoms with E-state index in [9.17, 15) is 0 Å². The van der Waals surface area contributed by atoms with Gasteiger partial charge >= 0.3 is 0 Å². The van der Waals surface area contributed by atoms with Gasteiger partial charge in [-0.25, -0.2) is 0 Å². The number of nitriles is 1. The van der Waals surface area contributed by atoms with Crippen LogP contribution in [-0.2, 0) is 0 Å². The van der Waals surface area contributed by atoms with Crippen LogP contribution in [0.1, 0.15) is 17.5 Å². The number of benzene rings is 1. The zero-order valence-corrected chi connectivity index (χ0v) is 9.07. The van der Waals surface area contributed by atoms with Crippen molar-refractivity contribution >= 4 is 24.2 Å². The molecule has 70 valence electrons. The summed E-state index contributed by atoms with van der Waals surface area (Å²) in [4.78, 5) is 0. The highest BCUT2D eigenvalue weighted by atomic mass is 35.5. The van der Waals surface area contributed by atoms with Gasteiger partial charge in [0.1, 0.15) is 6.07 Å². The number of thiol groups is 1. The van der Waals surface area contributed by atoms with Gasteiger partial charge in [0.2, 0.25) is 0 Å². The first-order valence-corrected chi connectivity index (χ1v) is 5.08. The third kappa shape index (κ3) is 3.00. The third-order valence-corrected chi connectivity index (χ3v) is 2.02. The minimum Gasteiger partial charge on any atom is -0.192 e. The average Bonchev–Trinajstić information content (AvgIpc) is 2.20. The average molecular weight is 222 g/mol. The molecule has 1 nitrogen and oxygen atoms in total. The summed E-state index contributed by atoms with van der Waals surface area (Å²) in [5.41, 5.74) is 1.24. The Labute approximate surface area is 94.1 Å². The maximum absolute atomic E-state index is 8.81. The SMILES string of the molecule is N#Cc1cc(Cl)ccc1C#CCCS. The molecular formula is C11H8ClNS. The normalized spacial score (nSPS) is 8.64. The molecule has 0 N–H and O–H groups in total. The number of rotatable bonds is 1. The van der Waals surface area contributed by atoms with Crippen LogP contribution >= 0.6 is 24.2 Å². The van der Waals surface area contributed by atoms with E-state index < -0.39 is 0 Å². The van der Waals surface area contributed by atoms with Gasteiger partial charge in [-0.1, -0.05) is 23.4 Å². The predicted octanol–water partition coefficient (Wildman–Crippen LogP) is 2.88. The molecule has 0 aliphatic heterocycles. The van der Waals surface area contributed by atoms with Crippen molar-refractivity contribution in [2.45, 2.75) is 6.42 Å². The fourth-order valence-corrected chi connectivity index (χ4v) is 1.22. The summed E-state index contributed by atoms with van der Waals surface area (Å²) in [5.74, 6) is 6.56. The summed E-state index contributed by atoms with van der Waals surface area (Å²) in [7, 11) is 0. The lowest BCUT2D eigenvalue weighted by atomic mass is 10.1. The molecule has 0 heterocycles. The smallest absolute Gasteiger partial charge is 0.100 e. The molecule has 0 bridgehead atoms. The number of hydrogen-bond acceptors (Lipinski definition) is 2. The van der Waals surface area contributed by atoms with E-state index in [0.717, 1.165) is 17.7 Å². The third-order valence-electron chi connectivity index (χ3n) is 1.56. The van der Waals surface area contributed by atoms with Gasteiger partial charge in [0.15, 0.2) is 0 Å². The molecule has 0 saturated heterocycles. The first kappa shape index (κ1) is 11.0. The predicted molar refractivity (Wildman–Crippen MR) is 61.5 cm³/mol. The molecule has 0 amide bonds. The molecule has 0 spiro atoms. The van der Waals surface area contributed by atoms with Gasteiger partial charge in [0.05, 0.1) is 5.56 Å². The molecule has 1 rings (SSSR count). The maximum Gasteiger partial charge on any atom is 0.100 e. The molecule has 0 saturated carbocycles. The van der Waals surface area contributed by atoms with Crippen LogP contribution < -0.4 is 0 Å². The second-order valence-electron chi connectivity index (χ2n) is 2.58. The van der Waals surface area contributed by atoms with Crippen LogP contribution in [-0.4, -0.2) is 5.75 Å². The zero-order chi connectivity index (χ0) is 10.4. The fraction of sp³-hybridized carbons (Fsp3) is 0.182. The van der Waals surface area contributed by atoms with E-state index in [0.29, 0.717) is 10.6 Å². The first-order chi connectivity index (χ1) is 6.77. The van der Waals surface area contributed by atoms with Gasteiger partial charge in [0.25, 0.3) is 0 Å². The fourth-order valence-electron chi connectivity index (χ4n) is 0.932. The summed E-state index contributed by atoms with van der Waals surface area (Å²) in [6.07, 6.45) is 0.719. The van der Waals surface area contributed by atoms with Gasteiger partial charge in [0, 0.05) is 22.8 Å². The standard InChI is InChI=1S/C11H8ClNS/c12-11-5-4-9(3-1-2-6-14)10(7-11)8-13/h4-5,7,14H,2,6H2. The van der Waals surface area contributed by atoms with Crippen LogP contribution in [0.2, 0.25) is 5.02 Å². The van der Waals surface area contributed by atoms with Crippen molar-refractivity contribution in [3.63, 3.8) is 0 Å². The molecule has 0 aliphatic carbocycles. The molecule has 0 atom stereocenters. The Morgan fingerprint density at radius 3 is 2.79 bits per heavy atom.